The lowest BCUT2D eigenvalue weighted by Crippen LogP contribution is -2.39. The van der Waals surface area contributed by atoms with Gasteiger partial charge in [0.1, 0.15) is 22.8 Å². The van der Waals surface area contributed by atoms with E-state index >= 15 is 19.2 Å². The van der Waals surface area contributed by atoms with Gasteiger partial charge in [0, 0.05) is 86.4 Å². The van der Waals surface area contributed by atoms with Gasteiger partial charge >= 0.3 is 23.9 Å². The van der Waals surface area contributed by atoms with Crippen LogP contribution in [0.4, 0.5) is 0 Å². The third-order valence-electron chi connectivity index (χ3n) is 20.3. The molecule has 4 aromatic heterocycles. The van der Waals surface area contributed by atoms with Crippen LogP contribution in [0, 0.1) is 55.2 Å². The van der Waals surface area contributed by atoms with E-state index in [0.717, 1.165) is 76.1 Å². The highest BCUT2D eigenvalue weighted by atomic mass is 16.6. The van der Waals surface area contributed by atoms with Crippen LogP contribution < -0.4 is 42.3 Å². The lowest BCUT2D eigenvalue weighted by Gasteiger charge is -2.31. The maximum atomic E-state index is 16.1. The molecule has 8 aliphatic carbocycles. The molecule has 0 saturated carbocycles. The normalized spacial score (nSPS) is 21.4. The molecule has 12 heteroatoms. The monoisotopic (exact) mass is 1230 g/mol. The minimum atomic E-state index is -1.75. The van der Waals surface area contributed by atoms with Gasteiger partial charge < -0.3 is 18.9 Å². The molecule has 92 heavy (non-hydrogen) atoms. The number of pyridine rings is 4. The molecule has 0 bridgehead atoms. The number of aromatic nitrogens is 4. The van der Waals surface area contributed by atoms with E-state index in [1.807, 2.05) is 107 Å². The molecular weight excluding hydrogens is 1140 g/mol. The second kappa shape index (κ2) is 21.5. The summed E-state index contributed by atoms with van der Waals surface area (Å²) in [6.45, 7) is 41.2. The maximum Gasteiger partial charge on any atom is 0.315 e. The van der Waals surface area contributed by atoms with Gasteiger partial charge in [-0.2, -0.15) is 0 Å². The van der Waals surface area contributed by atoms with Crippen molar-refractivity contribution in [1.29, 1.82) is 0 Å². The van der Waals surface area contributed by atoms with Crippen LogP contribution in [0.1, 0.15) is 196 Å². The first-order chi connectivity index (χ1) is 42.7. The number of carbonyl (C=O) groups is 4. The molecule has 0 fully saturated rings. The fraction of sp³-hybridized carbons (Fsp3) is 0.400. The van der Waals surface area contributed by atoms with E-state index in [1.54, 1.807) is 0 Å². The molecule has 4 heterocycles. The van der Waals surface area contributed by atoms with Crippen LogP contribution in [0.3, 0.4) is 0 Å². The number of hydrogen-bond acceptors (Lipinski definition) is 12. The van der Waals surface area contributed by atoms with Gasteiger partial charge in [-0.25, -0.2) is 19.9 Å². The highest BCUT2D eigenvalue weighted by Crippen LogP contribution is 2.42. The van der Waals surface area contributed by atoms with Gasteiger partial charge in [0.15, 0.2) is 23.0 Å². The standard InChI is InChI=1S/C80H86N4O8/c1-43-51-29-47-21-25-73(5,6)35-57(47)81-67(51)61(39-77(43,13)14)89-65(85)33-55(71(87)91-63-41-79(17,18)45(3)53-31-49-23-27-75(9,10)37-59(49)83-69(53)63)56(72(88)92-64-42-80(19,20)46(4)54-32-50-24-28-76(11,12)38-60(50)84-70(54)64)34-66(86)90-62-40-78(15,16)44(2)52-30-48-22-26-74(7,8)36-58(48)82-68(52)62/h21-32,35-42,55-56H,33-34H2,1-20H3. The Bertz CT molecular complexity index is 4580. The van der Waals surface area contributed by atoms with Crippen molar-refractivity contribution in [2.75, 3.05) is 0 Å². The van der Waals surface area contributed by atoms with Crippen molar-refractivity contribution in [2.24, 2.45) is 55.2 Å². The second-order valence-electron chi connectivity index (χ2n) is 31.5. The zero-order chi connectivity index (χ0) is 66.5. The smallest absolute Gasteiger partial charge is 0.315 e. The van der Waals surface area contributed by atoms with Crippen LogP contribution in [0.2, 0.25) is 0 Å². The maximum absolute atomic E-state index is 16.1. The molecule has 2 atom stereocenters. The summed E-state index contributed by atoms with van der Waals surface area (Å²) in [5.41, 5.74) is 5.77. The lowest BCUT2D eigenvalue weighted by atomic mass is 9.78. The Morgan fingerprint density at radius 2 is 0.554 bits per heavy atom. The number of ether oxygens (including phenoxy) is 4. The van der Waals surface area contributed by atoms with Crippen molar-refractivity contribution in [3.63, 3.8) is 0 Å². The van der Waals surface area contributed by atoms with Crippen LogP contribution in [-0.2, 0) is 38.1 Å². The van der Waals surface area contributed by atoms with Crippen molar-refractivity contribution in [3.8, 4) is 0 Å². The summed E-state index contributed by atoms with van der Waals surface area (Å²) in [6.07, 6.45) is 31.1. The van der Waals surface area contributed by atoms with Crippen LogP contribution in [0.15, 0.2) is 72.9 Å². The Kier molecular flexibility index (Phi) is 14.8. The molecule has 8 aliphatic rings. The SMILES string of the molecule is CC1=c2cc3c(nc2C(OC(=O)CC(C(=O)OC2=CC(C)(C)C(C)=c4cc5c(nc42)=CC(C)(C)C=C5)C(CC(=O)OC2=CC(C)(C)C(C)=c4cc5c(nc42)=CC(C)(C)C=C5)C(=O)OC2=CC(C)(C)C(C)=c4cc5c(nc42)=CC(C)(C)C=C5)=CC1(C)C)=CC(C)(C)C=C3. The minimum absolute atomic E-state index is 0.136. The minimum Gasteiger partial charge on any atom is -0.424 e. The van der Waals surface area contributed by atoms with Crippen molar-refractivity contribution >= 4 is 118 Å². The molecule has 0 saturated heterocycles. The first-order valence-electron chi connectivity index (χ1n) is 32.2. The average Bonchev–Trinajstić information content (AvgIpc) is 0.772. The highest BCUT2D eigenvalue weighted by Gasteiger charge is 2.44. The van der Waals surface area contributed by atoms with Crippen LogP contribution in [0.5, 0.6) is 0 Å². The summed E-state index contributed by atoms with van der Waals surface area (Å²) < 4.78 is 26.5. The number of hydrogen-bond donors (Lipinski definition) is 0. The van der Waals surface area contributed by atoms with E-state index in [0.29, 0.717) is 33.5 Å². The summed E-state index contributed by atoms with van der Waals surface area (Å²) in [6, 6.07) is 8.28. The number of esters is 4. The van der Waals surface area contributed by atoms with Gasteiger partial charge in [-0.1, -0.05) is 182 Å². The van der Waals surface area contributed by atoms with E-state index in [-0.39, 0.29) is 44.7 Å². The van der Waals surface area contributed by atoms with Crippen LogP contribution in [0.25, 0.3) is 93.9 Å². The number of allylic oxidation sites excluding steroid dienone is 8. The number of carbonyl (C=O) groups excluding carboxylic acids is 4. The zero-order valence-corrected chi connectivity index (χ0v) is 57.2. The van der Waals surface area contributed by atoms with Gasteiger partial charge in [0.25, 0.3) is 0 Å². The Labute approximate surface area is 539 Å². The molecule has 474 valence electrons. The Morgan fingerprint density at radius 3 is 0.783 bits per heavy atom. The zero-order valence-electron chi connectivity index (χ0n) is 57.2. The molecule has 0 spiro atoms. The average molecular weight is 1230 g/mol. The summed E-state index contributed by atoms with van der Waals surface area (Å²) in [5, 5.41) is 6.08. The molecule has 0 N–H and O–H groups in total. The summed E-state index contributed by atoms with van der Waals surface area (Å²) in [4.78, 5) is 84.0. The summed E-state index contributed by atoms with van der Waals surface area (Å²) in [5.74, 6) is -6.56. The Balaban J connectivity index is 1.00. The van der Waals surface area contributed by atoms with E-state index in [9.17, 15) is 0 Å². The van der Waals surface area contributed by atoms with Crippen LogP contribution >= 0.6 is 0 Å². The van der Waals surface area contributed by atoms with E-state index in [2.05, 4.69) is 153 Å². The molecule has 12 nitrogen and oxygen atoms in total. The molecule has 0 aliphatic heterocycles. The predicted octanol–water partition coefficient (Wildman–Crippen LogP) is 11.1. The van der Waals surface area contributed by atoms with Crippen molar-refractivity contribution in [3.05, 3.63) is 160 Å². The van der Waals surface area contributed by atoms with Crippen molar-refractivity contribution in [1.82, 2.24) is 19.9 Å². The Morgan fingerprint density at radius 1 is 0.337 bits per heavy atom. The first kappa shape index (κ1) is 63.5. The molecular formula is C80H86N4O8. The van der Waals surface area contributed by atoms with Gasteiger partial charge in [-0.15, -0.1) is 0 Å². The van der Waals surface area contributed by atoms with Gasteiger partial charge in [0.05, 0.1) is 46.1 Å². The van der Waals surface area contributed by atoms with Gasteiger partial charge in [0.2, 0.25) is 0 Å². The highest BCUT2D eigenvalue weighted by molar-refractivity contribution is 5.95. The van der Waals surface area contributed by atoms with E-state index < -0.39 is 70.2 Å². The second-order valence-corrected chi connectivity index (χ2v) is 31.5. The fourth-order valence-corrected chi connectivity index (χ4v) is 13.4. The van der Waals surface area contributed by atoms with Gasteiger partial charge in [-0.05, 0) is 101 Å². The number of fused-ring (bicyclic) bond motifs is 8. The largest absolute Gasteiger partial charge is 0.424 e. The van der Waals surface area contributed by atoms with Crippen LogP contribution in [-0.4, -0.2) is 43.8 Å². The summed E-state index contributed by atoms with van der Waals surface area (Å²) in [7, 11) is 0. The molecule has 4 aromatic rings. The molecule has 0 amide bonds. The molecule has 2 unspecified atom stereocenters. The Hall–Kier alpha value is -8.64. The fourth-order valence-electron chi connectivity index (χ4n) is 13.4. The number of nitrogens with zero attached hydrogens (tertiary/aromatic N) is 4. The first-order valence-corrected chi connectivity index (χ1v) is 32.2. The summed E-state index contributed by atoms with van der Waals surface area (Å²) >= 11 is 0. The topological polar surface area (TPSA) is 157 Å². The number of rotatable bonds is 11. The van der Waals surface area contributed by atoms with E-state index in [4.69, 9.17) is 38.9 Å². The predicted molar refractivity (Wildman–Crippen MR) is 367 cm³/mol. The third-order valence-corrected chi connectivity index (χ3v) is 20.3. The van der Waals surface area contributed by atoms with Gasteiger partial charge in [-0.3, -0.25) is 19.2 Å². The lowest BCUT2D eigenvalue weighted by molar-refractivity contribution is -0.159. The van der Waals surface area contributed by atoms with E-state index in [1.165, 1.54) is 0 Å². The molecule has 0 aromatic carbocycles. The van der Waals surface area contributed by atoms with Crippen molar-refractivity contribution < 1.29 is 38.1 Å². The molecule has 0 radical (unpaired) electrons. The third kappa shape index (κ3) is 11.8. The van der Waals surface area contributed by atoms with Crippen molar-refractivity contribution in [2.45, 2.75) is 151 Å². The quantitative estimate of drug-likeness (QED) is 0.104. The molecule has 12 rings (SSSR count).